The Labute approximate surface area is 137 Å². The van der Waals surface area contributed by atoms with Crippen LogP contribution in [0.15, 0.2) is 48.5 Å². The monoisotopic (exact) mass is 315 g/mol. The number of rotatable bonds is 6. The second-order valence-electron chi connectivity index (χ2n) is 5.99. The van der Waals surface area contributed by atoms with Gasteiger partial charge in [-0.3, -0.25) is 0 Å². The minimum Gasteiger partial charge on any atom is -0.497 e. The fourth-order valence-electron chi connectivity index (χ4n) is 2.72. The molecule has 1 unspecified atom stereocenters. The van der Waals surface area contributed by atoms with Crippen molar-refractivity contribution in [2.45, 2.75) is 25.5 Å². The molecule has 23 heavy (non-hydrogen) atoms. The maximum absolute atomic E-state index is 11.5. The summed E-state index contributed by atoms with van der Waals surface area (Å²) in [7, 11) is 3.23. The van der Waals surface area contributed by atoms with Gasteiger partial charge in [0.2, 0.25) is 0 Å². The van der Waals surface area contributed by atoms with Crippen LogP contribution in [0.1, 0.15) is 25.0 Å². The molecule has 2 rings (SSSR count). The molecular weight excluding hydrogens is 290 g/mol. The van der Waals surface area contributed by atoms with Gasteiger partial charge in [0.15, 0.2) is 0 Å². The molecule has 4 heteroatoms. The van der Waals surface area contributed by atoms with E-state index < -0.39 is 11.6 Å². The molecule has 0 bridgehead atoms. The van der Waals surface area contributed by atoms with Crippen molar-refractivity contribution in [1.82, 2.24) is 0 Å². The molecule has 2 aromatic carbocycles. The molecule has 0 heterocycles. The summed E-state index contributed by atoms with van der Waals surface area (Å²) in [4.78, 5) is 0. The number of nitrogens with two attached hydrogens (primary N) is 1. The van der Waals surface area contributed by atoms with E-state index >= 15 is 0 Å². The van der Waals surface area contributed by atoms with Crippen molar-refractivity contribution in [2.24, 2.45) is 11.7 Å². The van der Waals surface area contributed by atoms with E-state index in [2.05, 4.69) is 0 Å². The second kappa shape index (κ2) is 7.02. The Morgan fingerprint density at radius 2 is 1.17 bits per heavy atom. The van der Waals surface area contributed by atoms with Gasteiger partial charge in [-0.25, -0.2) is 0 Å². The van der Waals surface area contributed by atoms with Crippen LogP contribution in [-0.2, 0) is 5.60 Å². The zero-order valence-electron chi connectivity index (χ0n) is 14.1. The Morgan fingerprint density at radius 3 is 1.43 bits per heavy atom. The minimum absolute atomic E-state index is 0.101. The molecule has 2 aromatic rings. The standard InChI is InChI=1S/C19H25NO3/c1-13(2)18(20)19(21,14-5-9-16(22-3)10-6-14)15-7-11-17(23-4)12-8-15/h5-13,18,21H,20H2,1-4H3. The first-order valence-electron chi connectivity index (χ1n) is 7.70. The summed E-state index contributed by atoms with van der Waals surface area (Å²) in [6.07, 6.45) is 0. The van der Waals surface area contributed by atoms with Crippen molar-refractivity contribution in [1.29, 1.82) is 0 Å². The molecule has 0 radical (unpaired) electrons. The van der Waals surface area contributed by atoms with Gasteiger partial charge in [-0.15, -0.1) is 0 Å². The second-order valence-corrected chi connectivity index (χ2v) is 5.99. The van der Waals surface area contributed by atoms with Gasteiger partial charge < -0.3 is 20.3 Å². The van der Waals surface area contributed by atoms with Crippen molar-refractivity contribution in [3.05, 3.63) is 59.7 Å². The molecule has 0 spiro atoms. The lowest BCUT2D eigenvalue weighted by atomic mass is 9.76. The van der Waals surface area contributed by atoms with Gasteiger partial charge in [0.1, 0.15) is 17.1 Å². The van der Waals surface area contributed by atoms with Crippen molar-refractivity contribution >= 4 is 0 Å². The predicted molar refractivity (Wildman–Crippen MR) is 91.8 cm³/mol. The summed E-state index contributed by atoms with van der Waals surface area (Å²) in [5.41, 5.74) is 6.58. The van der Waals surface area contributed by atoms with Crippen LogP contribution >= 0.6 is 0 Å². The third kappa shape index (κ3) is 3.33. The van der Waals surface area contributed by atoms with Crippen LogP contribution in [-0.4, -0.2) is 25.4 Å². The van der Waals surface area contributed by atoms with Gasteiger partial charge in [-0.05, 0) is 41.3 Å². The Balaban J connectivity index is 2.53. The zero-order chi connectivity index (χ0) is 17.0. The number of methoxy groups -OCH3 is 2. The van der Waals surface area contributed by atoms with E-state index in [1.807, 2.05) is 62.4 Å². The van der Waals surface area contributed by atoms with Gasteiger partial charge in [0, 0.05) is 6.04 Å². The van der Waals surface area contributed by atoms with Gasteiger partial charge in [0.25, 0.3) is 0 Å². The number of aliphatic hydroxyl groups is 1. The van der Waals surface area contributed by atoms with E-state index in [1.54, 1.807) is 14.2 Å². The number of hydrogen-bond acceptors (Lipinski definition) is 4. The van der Waals surface area contributed by atoms with E-state index in [9.17, 15) is 5.11 Å². The molecule has 0 aliphatic carbocycles. The molecule has 124 valence electrons. The summed E-state index contributed by atoms with van der Waals surface area (Å²) in [5.74, 6) is 1.58. The highest BCUT2D eigenvalue weighted by Gasteiger charge is 2.39. The highest BCUT2D eigenvalue weighted by Crippen LogP contribution is 2.36. The lowest BCUT2D eigenvalue weighted by molar-refractivity contribution is 0.0352. The molecule has 0 aliphatic heterocycles. The highest BCUT2D eigenvalue weighted by atomic mass is 16.5. The molecule has 0 saturated carbocycles. The van der Waals surface area contributed by atoms with Crippen molar-refractivity contribution in [3.8, 4) is 11.5 Å². The summed E-state index contributed by atoms with van der Waals surface area (Å²) in [6, 6.07) is 14.3. The summed E-state index contributed by atoms with van der Waals surface area (Å²) in [5, 5.41) is 11.5. The normalized spacial score (nSPS) is 13.0. The fourth-order valence-corrected chi connectivity index (χ4v) is 2.72. The van der Waals surface area contributed by atoms with Crippen LogP contribution in [0.25, 0.3) is 0 Å². The summed E-state index contributed by atoms with van der Waals surface area (Å²) < 4.78 is 10.4. The topological polar surface area (TPSA) is 64.7 Å². The first kappa shape index (κ1) is 17.3. The fraction of sp³-hybridized carbons (Fsp3) is 0.368. The minimum atomic E-state index is -1.29. The average molecular weight is 315 g/mol. The largest absolute Gasteiger partial charge is 0.497 e. The van der Waals surface area contributed by atoms with E-state index in [1.165, 1.54) is 0 Å². The molecule has 0 aromatic heterocycles. The molecule has 0 saturated heterocycles. The predicted octanol–water partition coefficient (Wildman–Crippen LogP) is 2.92. The average Bonchev–Trinajstić information content (AvgIpc) is 2.60. The van der Waals surface area contributed by atoms with E-state index in [0.717, 1.165) is 22.6 Å². The maximum atomic E-state index is 11.5. The molecule has 3 N–H and O–H groups in total. The lowest BCUT2D eigenvalue weighted by Gasteiger charge is -2.37. The summed E-state index contributed by atoms with van der Waals surface area (Å²) >= 11 is 0. The molecule has 0 aliphatic rings. The number of benzene rings is 2. The van der Waals surface area contributed by atoms with Gasteiger partial charge >= 0.3 is 0 Å². The Morgan fingerprint density at radius 1 is 0.826 bits per heavy atom. The Bertz CT molecular complexity index is 573. The first-order valence-corrected chi connectivity index (χ1v) is 7.70. The van der Waals surface area contributed by atoms with Crippen molar-refractivity contribution in [2.75, 3.05) is 14.2 Å². The molecule has 4 nitrogen and oxygen atoms in total. The molecule has 0 amide bonds. The van der Waals surface area contributed by atoms with Crippen LogP contribution in [0, 0.1) is 5.92 Å². The SMILES string of the molecule is COc1ccc(C(O)(c2ccc(OC)cc2)C(N)C(C)C)cc1. The van der Waals surface area contributed by atoms with Gasteiger partial charge in [-0.1, -0.05) is 38.1 Å². The third-order valence-electron chi connectivity index (χ3n) is 4.26. The Hall–Kier alpha value is -2.04. The van der Waals surface area contributed by atoms with E-state index in [4.69, 9.17) is 15.2 Å². The van der Waals surface area contributed by atoms with Crippen LogP contribution in [0.4, 0.5) is 0 Å². The highest BCUT2D eigenvalue weighted by molar-refractivity contribution is 5.42. The van der Waals surface area contributed by atoms with Crippen LogP contribution < -0.4 is 15.2 Å². The van der Waals surface area contributed by atoms with Crippen LogP contribution in [0.2, 0.25) is 0 Å². The number of hydrogen-bond donors (Lipinski definition) is 2. The molecular formula is C19H25NO3. The zero-order valence-corrected chi connectivity index (χ0v) is 14.1. The summed E-state index contributed by atoms with van der Waals surface area (Å²) in [6.45, 7) is 4.01. The van der Waals surface area contributed by atoms with E-state index in [-0.39, 0.29) is 5.92 Å². The Kier molecular flexibility index (Phi) is 5.29. The van der Waals surface area contributed by atoms with Gasteiger partial charge in [-0.2, -0.15) is 0 Å². The van der Waals surface area contributed by atoms with E-state index in [0.29, 0.717) is 0 Å². The number of ether oxygens (including phenoxy) is 2. The van der Waals surface area contributed by atoms with Crippen LogP contribution in [0.3, 0.4) is 0 Å². The lowest BCUT2D eigenvalue weighted by Crippen LogP contribution is -2.49. The van der Waals surface area contributed by atoms with Gasteiger partial charge in [0.05, 0.1) is 14.2 Å². The first-order chi connectivity index (χ1) is 10.9. The maximum Gasteiger partial charge on any atom is 0.130 e. The van der Waals surface area contributed by atoms with Crippen molar-refractivity contribution in [3.63, 3.8) is 0 Å². The third-order valence-corrected chi connectivity index (χ3v) is 4.26. The molecule has 1 atom stereocenters. The molecule has 0 fully saturated rings. The smallest absolute Gasteiger partial charge is 0.130 e. The van der Waals surface area contributed by atoms with Crippen LogP contribution in [0.5, 0.6) is 11.5 Å². The van der Waals surface area contributed by atoms with Crippen molar-refractivity contribution < 1.29 is 14.6 Å². The quantitative estimate of drug-likeness (QED) is 0.860.